The van der Waals surface area contributed by atoms with Crippen molar-refractivity contribution in [2.75, 3.05) is 20.2 Å². The largest absolute Gasteiger partial charge is 0.480 e. The van der Waals surface area contributed by atoms with Gasteiger partial charge in [0.05, 0.1) is 7.11 Å². The summed E-state index contributed by atoms with van der Waals surface area (Å²) in [7, 11) is 1.50. The van der Waals surface area contributed by atoms with Gasteiger partial charge in [-0.25, -0.2) is 14.8 Å². The van der Waals surface area contributed by atoms with Gasteiger partial charge in [0.15, 0.2) is 0 Å². The first-order valence-electron chi connectivity index (χ1n) is 7.52. The van der Waals surface area contributed by atoms with Gasteiger partial charge in [0.2, 0.25) is 5.88 Å². The number of hydrogen-bond acceptors (Lipinski definition) is 5. The average Bonchev–Trinajstić information content (AvgIpc) is 2.61. The molecule has 7 heteroatoms. The summed E-state index contributed by atoms with van der Waals surface area (Å²) < 4.78 is 5.17. The number of aromatic amines is 1. The molecule has 0 aromatic carbocycles. The molecule has 2 aromatic rings. The summed E-state index contributed by atoms with van der Waals surface area (Å²) in [4.78, 5) is 36.4. The molecule has 1 fully saturated rings. The third kappa shape index (κ3) is 3.23. The van der Waals surface area contributed by atoms with Crippen LogP contribution in [0.15, 0.2) is 35.4 Å². The van der Waals surface area contributed by atoms with E-state index in [-0.39, 0.29) is 17.5 Å². The number of piperidine rings is 1. The second-order valence-corrected chi connectivity index (χ2v) is 5.48. The lowest BCUT2D eigenvalue weighted by Gasteiger charge is -2.32. The molecule has 1 saturated heterocycles. The highest BCUT2D eigenvalue weighted by Gasteiger charge is 2.27. The van der Waals surface area contributed by atoms with Crippen molar-refractivity contribution >= 4 is 5.91 Å². The maximum Gasteiger partial charge on any atom is 0.345 e. The van der Waals surface area contributed by atoms with Crippen molar-refractivity contribution in [3.63, 3.8) is 0 Å². The van der Waals surface area contributed by atoms with E-state index in [0.29, 0.717) is 24.5 Å². The molecule has 1 N–H and O–H groups in total. The standard InChI is InChI=1S/C16H18N4O3/c1-23-14-12(5-2-7-17-14)15(21)20-9-3-4-11(10-20)13-6-8-18-16(22)19-13/h2,5-8,11H,3-4,9-10H2,1H3,(H,18,19,22)/t11-/m1/s1. The van der Waals surface area contributed by atoms with E-state index in [0.717, 1.165) is 18.5 Å². The van der Waals surface area contributed by atoms with Crippen molar-refractivity contribution in [2.24, 2.45) is 0 Å². The average molecular weight is 314 g/mol. The number of nitrogens with zero attached hydrogens (tertiary/aromatic N) is 3. The molecule has 3 heterocycles. The highest BCUT2D eigenvalue weighted by Crippen LogP contribution is 2.27. The molecule has 120 valence electrons. The van der Waals surface area contributed by atoms with E-state index < -0.39 is 0 Å². The Labute approximate surface area is 133 Å². The third-order valence-electron chi connectivity index (χ3n) is 4.04. The van der Waals surface area contributed by atoms with Crippen LogP contribution in [-0.2, 0) is 0 Å². The van der Waals surface area contributed by atoms with E-state index in [2.05, 4.69) is 15.0 Å². The Hall–Kier alpha value is -2.70. The normalized spacial score (nSPS) is 17.8. The van der Waals surface area contributed by atoms with Crippen LogP contribution in [0.3, 0.4) is 0 Å². The number of nitrogens with one attached hydrogen (secondary N) is 1. The lowest BCUT2D eigenvalue weighted by atomic mass is 9.94. The van der Waals surface area contributed by atoms with Crippen LogP contribution < -0.4 is 10.4 Å². The van der Waals surface area contributed by atoms with Gasteiger partial charge in [0.1, 0.15) is 5.56 Å². The number of rotatable bonds is 3. The lowest BCUT2D eigenvalue weighted by Crippen LogP contribution is -2.39. The van der Waals surface area contributed by atoms with Gasteiger partial charge in [-0.3, -0.25) is 4.79 Å². The molecule has 23 heavy (non-hydrogen) atoms. The highest BCUT2D eigenvalue weighted by atomic mass is 16.5. The van der Waals surface area contributed by atoms with Crippen LogP contribution in [0.4, 0.5) is 0 Å². The molecule has 1 aliphatic heterocycles. The smallest absolute Gasteiger partial charge is 0.345 e. The Bertz CT molecular complexity index is 759. The number of methoxy groups -OCH3 is 1. The minimum Gasteiger partial charge on any atom is -0.480 e. The van der Waals surface area contributed by atoms with Gasteiger partial charge in [0, 0.05) is 37.1 Å². The van der Waals surface area contributed by atoms with Gasteiger partial charge < -0.3 is 14.6 Å². The van der Waals surface area contributed by atoms with Crippen molar-refractivity contribution in [1.82, 2.24) is 19.9 Å². The summed E-state index contributed by atoms with van der Waals surface area (Å²) in [5.41, 5.74) is 0.916. The number of ether oxygens (including phenoxy) is 1. The molecular weight excluding hydrogens is 296 g/mol. The summed E-state index contributed by atoms with van der Waals surface area (Å²) in [5, 5.41) is 0. The van der Waals surface area contributed by atoms with Gasteiger partial charge in [-0.05, 0) is 31.0 Å². The maximum atomic E-state index is 12.7. The van der Waals surface area contributed by atoms with Crippen LogP contribution in [0.5, 0.6) is 5.88 Å². The Morgan fingerprint density at radius 2 is 2.22 bits per heavy atom. The van der Waals surface area contributed by atoms with Crippen LogP contribution in [0.2, 0.25) is 0 Å². The molecule has 0 unspecified atom stereocenters. The van der Waals surface area contributed by atoms with Gasteiger partial charge in [0.25, 0.3) is 5.91 Å². The first-order valence-corrected chi connectivity index (χ1v) is 7.52. The van der Waals surface area contributed by atoms with E-state index in [1.807, 2.05) is 0 Å². The zero-order valence-electron chi connectivity index (χ0n) is 12.9. The van der Waals surface area contributed by atoms with Crippen molar-refractivity contribution in [3.8, 4) is 5.88 Å². The van der Waals surface area contributed by atoms with Gasteiger partial charge in [-0.2, -0.15) is 0 Å². The zero-order valence-corrected chi connectivity index (χ0v) is 12.9. The lowest BCUT2D eigenvalue weighted by molar-refractivity contribution is 0.0701. The first kappa shape index (κ1) is 15.2. The van der Waals surface area contributed by atoms with Crippen LogP contribution >= 0.6 is 0 Å². The van der Waals surface area contributed by atoms with Crippen LogP contribution in [0.25, 0.3) is 0 Å². The second kappa shape index (κ2) is 6.60. The molecular formula is C16H18N4O3. The van der Waals surface area contributed by atoms with Crippen molar-refractivity contribution < 1.29 is 9.53 Å². The van der Waals surface area contributed by atoms with Crippen molar-refractivity contribution in [3.05, 3.63) is 52.3 Å². The number of likely N-dealkylation sites (tertiary alicyclic amines) is 1. The summed E-state index contributed by atoms with van der Waals surface area (Å²) in [6, 6.07) is 5.23. The number of hydrogen-bond donors (Lipinski definition) is 1. The molecule has 2 aromatic heterocycles. The first-order chi connectivity index (χ1) is 11.2. The molecule has 0 bridgehead atoms. The number of carbonyl (C=O) groups excluding carboxylic acids is 1. The number of carbonyl (C=O) groups is 1. The number of H-pyrrole nitrogens is 1. The SMILES string of the molecule is COc1ncccc1C(=O)N1CCC[C@@H](c2ccnc(=O)[nH]2)C1. The molecule has 0 radical (unpaired) electrons. The second-order valence-electron chi connectivity index (χ2n) is 5.48. The Kier molecular flexibility index (Phi) is 4.36. The van der Waals surface area contributed by atoms with Gasteiger partial charge in [-0.1, -0.05) is 0 Å². The fourth-order valence-corrected chi connectivity index (χ4v) is 2.92. The van der Waals surface area contributed by atoms with Crippen LogP contribution in [0.1, 0.15) is 34.8 Å². The fraction of sp³-hybridized carbons (Fsp3) is 0.375. The summed E-state index contributed by atoms with van der Waals surface area (Å²) >= 11 is 0. The molecule has 0 saturated carbocycles. The van der Waals surface area contributed by atoms with E-state index in [1.54, 1.807) is 29.3 Å². The van der Waals surface area contributed by atoms with Gasteiger partial charge in [-0.15, -0.1) is 0 Å². The topological polar surface area (TPSA) is 88.2 Å². The molecule has 7 nitrogen and oxygen atoms in total. The predicted octanol–water partition coefficient (Wildman–Crippen LogP) is 1.19. The molecule has 0 aliphatic carbocycles. The van der Waals surface area contributed by atoms with Crippen molar-refractivity contribution in [1.29, 1.82) is 0 Å². The molecule has 0 spiro atoms. The summed E-state index contributed by atoms with van der Waals surface area (Å²) in [6.07, 6.45) is 4.90. The number of aromatic nitrogens is 3. The monoisotopic (exact) mass is 314 g/mol. The van der Waals surface area contributed by atoms with E-state index in [9.17, 15) is 9.59 Å². The molecule has 3 rings (SSSR count). The maximum absolute atomic E-state index is 12.7. The summed E-state index contributed by atoms with van der Waals surface area (Å²) in [5.74, 6) is 0.332. The number of pyridine rings is 1. The Morgan fingerprint density at radius 3 is 3.00 bits per heavy atom. The van der Waals surface area contributed by atoms with Crippen molar-refractivity contribution in [2.45, 2.75) is 18.8 Å². The predicted molar refractivity (Wildman–Crippen MR) is 83.5 cm³/mol. The molecule has 1 atom stereocenters. The number of amides is 1. The minimum absolute atomic E-state index is 0.101. The summed E-state index contributed by atoms with van der Waals surface area (Å²) in [6.45, 7) is 1.24. The highest BCUT2D eigenvalue weighted by molar-refractivity contribution is 5.96. The zero-order chi connectivity index (χ0) is 16.2. The van der Waals surface area contributed by atoms with Crippen LogP contribution in [-0.4, -0.2) is 46.0 Å². The molecule has 1 aliphatic rings. The van der Waals surface area contributed by atoms with E-state index in [1.165, 1.54) is 13.3 Å². The van der Waals surface area contributed by atoms with E-state index in [4.69, 9.17) is 4.74 Å². The Morgan fingerprint density at radius 1 is 1.35 bits per heavy atom. The Balaban J connectivity index is 1.81. The fourth-order valence-electron chi connectivity index (χ4n) is 2.92. The quantitative estimate of drug-likeness (QED) is 0.919. The van der Waals surface area contributed by atoms with Crippen LogP contribution in [0, 0.1) is 0 Å². The van der Waals surface area contributed by atoms with E-state index >= 15 is 0 Å². The molecule has 1 amide bonds. The minimum atomic E-state index is -0.361. The van der Waals surface area contributed by atoms with Gasteiger partial charge >= 0.3 is 5.69 Å². The third-order valence-corrected chi connectivity index (χ3v) is 4.04.